The van der Waals surface area contributed by atoms with Crippen molar-refractivity contribution >= 4 is 5.95 Å². The number of nitrogens with one attached hydrogen (secondary N) is 1. The van der Waals surface area contributed by atoms with Crippen LogP contribution in [0.5, 0.6) is 0 Å². The van der Waals surface area contributed by atoms with Crippen molar-refractivity contribution in [3.8, 4) is 11.3 Å². The molecule has 0 unspecified atom stereocenters. The fraction of sp³-hybridized carbons (Fsp3) is 0.0909. The van der Waals surface area contributed by atoms with Gasteiger partial charge in [0.05, 0.1) is 5.69 Å². The molecule has 0 fully saturated rings. The van der Waals surface area contributed by atoms with Crippen LogP contribution in [0.1, 0.15) is 0 Å². The molecular weight excluding hydrogens is 193 g/mol. The normalized spacial score (nSPS) is 10.0. The maximum absolute atomic E-state index is 13.0. The first kappa shape index (κ1) is 9.58. The van der Waals surface area contributed by atoms with Crippen molar-refractivity contribution in [2.45, 2.75) is 0 Å². The summed E-state index contributed by atoms with van der Waals surface area (Å²) in [5, 5.41) is 2.84. The maximum Gasteiger partial charge on any atom is 0.222 e. The van der Waals surface area contributed by atoms with Crippen molar-refractivity contribution in [2.75, 3.05) is 12.4 Å². The monoisotopic (exact) mass is 203 g/mol. The molecule has 0 aliphatic heterocycles. The van der Waals surface area contributed by atoms with Gasteiger partial charge in [-0.2, -0.15) is 0 Å². The third-order valence-corrected chi connectivity index (χ3v) is 2.00. The molecule has 2 aromatic rings. The van der Waals surface area contributed by atoms with E-state index in [2.05, 4.69) is 15.3 Å². The summed E-state index contributed by atoms with van der Waals surface area (Å²) < 4.78 is 13.0. The Kier molecular flexibility index (Phi) is 2.58. The van der Waals surface area contributed by atoms with Gasteiger partial charge in [-0.3, -0.25) is 0 Å². The smallest absolute Gasteiger partial charge is 0.222 e. The molecule has 0 aliphatic carbocycles. The first-order valence-electron chi connectivity index (χ1n) is 4.56. The SMILES string of the molecule is CNc1nccc(-c2cccc(F)c2)n1. The van der Waals surface area contributed by atoms with Crippen LogP contribution in [0.3, 0.4) is 0 Å². The molecule has 2 rings (SSSR count). The molecule has 0 atom stereocenters. The van der Waals surface area contributed by atoms with Crippen LogP contribution in [0.15, 0.2) is 36.5 Å². The molecule has 1 heterocycles. The van der Waals surface area contributed by atoms with Crippen LogP contribution in [0.2, 0.25) is 0 Å². The molecule has 1 N–H and O–H groups in total. The van der Waals surface area contributed by atoms with E-state index in [4.69, 9.17) is 0 Å². The van der Waals surface area contributed by atoms with Crippen LogP contribution >= 0.6 is 0 Å². The number of anilines is 1. The summed E-state index contributed by atoms with van der Waals surface area (Å²) in [6.45, 7) is 0. The van der Waals surface area contributed by atoms with Crippen molar-refractivity contribution in [1.82, 2.24) is 9.97 Å². The predicted octanol–water partition coefficient (Wildman–Crippen LogP) is 2.32. The number of nitrogens with zero attached hydrogens (tertiary/aromatic N) is 2. The Morgan fingerprint density at radius 3 is 2.87 bits per heavy atom. The van der Waals surface area contributed by atoms with Crippen molar-refractivity contribution in [1.29, 1.82) is 0 Å². The molecule has 0 bridgehead atoms. The minimum Gasteiger partial charge on any atom is -0.357 e. The highest BCUT2D eigenvalue weighted by atomic mass is 19.1. The van der Waals surface area contributed by atoms with E-state index in [-0.39, 0.29) is 5.82 Å². The van der Waals surface area contributed by atoms with Crippen LogP contribution in [-0.2, 0) is 0 Å². The Morgan fingerprint density at radius 1 is 1.27 bits per heavy atom. The highest BCUT2D eigenvalue weighted by molar-refractivity contribution is 5.59. The van der Waals surface area contributed by atoms with Crippen molar-refractivity contribution in [3.05, 3.63) is 42.3 Å². The average Bonchev–Trinajstić information content (AvgIpc) is 2.29. The molecule has 0 amide bonds. The lowest BCUT2D eigenvalue weighted by Crippen LogP contribution is -1.96. The number of rotatable bonds is 2. The highest BCUT2D eigenvalue weighted by Gasteiger charge is 2.01. The zero-order chi connectivity index (χ0) is 10.7. The second-order valence-corrected chi connectivity index (χ2v) is 3.03. The zero-order valence-electron chi connectivity index (χ0n) is 8.24. The van der Waals surface area contributed by atoms with Crippen LogP contribution in [0.25, 0.3) is 11.3 Å². The average molecular weight is 203 g/mol. The Morgan fingerprint density at radius 2 is 2.13 bits per heavy atom. The van der Waals surface area contributed by atoms with Crippen molar-refractivity contribution in [3.63, 3.8) is 0 Å². The van der Waals surface area contributed by atoms with Crippen LogP contribution in [0, 0.1) is 5.82 Å². The standard InChI is InChI=1S/C11H10FN3/c1-13-11-14-6-5-10(15-11)8-3-2-4-9(12)7-8/h2-7H,1H3,(H,13,14,15). The molecule has 1 aromatic heterocycles. The lowest BCUT2D eigenvalue weighted by Gasteiger charge is -2.02. The van der Waals surface area contributed by atoms with Gasteiger partial charge in [0.2, 0.25) is 5.95 Å². The fourth-order valence-corrected chi connectivity index (χ4v) is 1.29. The van der Waals surface area contributed by atoms with E-state index in [1.165, 1.54) is 12.1 Å². The Balaban J connectivity index is 2.44. The number of hydrogen-bond acceptors (Lipinski definition) is 3. The van der Waals surface area contributed by atoms with Gasteiger partial charge in [-0.25, -0.2) is 14.4 Å². The lowest BCUT2D eigenvalue weighted by molar-refractivity contribution is 0.628. The van der Waals surface area contributed by atoms with Crippen molar-refractivity contribution < 1.29 is 4.39 Å². The number of aromatic nitrogens is 2. The molecule has 4 heteroatoms. The molecule has 15 heavy (non-hydrogen) atoms. The summed E-state index contributed by atoms with van der Waals surface area (Å²) in [7, 11) is 1.74. The minimum absolute atomic E-state index is 0.267. The van der Waals surface area contributed by atoms with Gasteiger partial charge in [0.1, 0.15) is 5.82 Å². The van der Waals surface area contributed by atoms with E-state index >= 15 is 0 Å². The third kappa shape index (κ3) is 2.10. The number of benzene rings is 1. The van der Waals surface area contributed by atoms with E-state index in [1.807, 2.05) is 6.07 Å². The second kappa shape index (κ2) is 4.04. The number of hydrogen-bond donors (Lipinski definition) is 1. The second-order valence-electron chi connectivity index (χ2n) is 3.03. The van der Waals surface area contributed by atoms with Crippen LogP contribution in [-0.4, -0.2) is 17.0 Å². The van der Waals surface area contributed by atoms with E-state index < -0.39 is 0 Å². The minimum atomic E-state index is -0.267. The quantitative estimate of drug-likeness (QED) is 0.813. The Hall–Kier alpha value is -1.97. The summed E-state index contributed by atoms with van der Waals surface area (Å²) in [5.74, 6) is 0.258. The first-order valence-corrected chi connectivity index (χ1v) is 4.56. The van der Waals surface area contributed by atoms with Crippen LogP contribution < -0.4 is 5.32 Å². The van der Waals surface area contributed by atoms with E-state index in [0.717, 1.165) is 5.56 Å². The molecule has 1 aromatic carbocycles. The largest absolute Gasteiger partial charge is 0.357 e. The highest BCUT2D eigenvalue weighted by Crippen LogP contribution is 2.17. The summed E-state index contributed by atoms with van der Waals surface area (Å²) in [6.07, 6.45) is 1.64. The zero-order valence-corrected chi connectivity index (χ0v) is 8.24. The summed E-state index contributed by atoms with van der Waals surface area (Å²) in [5.41, 5.74) is 1.45. The van der Waals surface area contributed by atoms with Gasteiger partial charge < -0.3 is 5.32 Å². The molecule has 0 saturated heterocycles. The van der Waals surface area contributed by atoms with Gasteiger partial charge >= 0.3 is 0 Å². The molecule has 0 spiro atoms. The lowest BCUT2D eigenvalue weighted by atomic mass is 10.1. The molecule has 3 nitrogen and oxygen atoms in total. The molecule has 0 radical (unpaired) electrons. The molecular formula is C11H10FN3. The summed E-state index contributed by atoms with van der Waals surface area (Å²) >= 11 is 0. The molecule has 0 saturated carbocycles. The maximum atomic E-state index is 13.0. The van der Waals surface area contributed by atoms with Gasteiger partial charge in [0, 0.05) is 18.8 Å². The van der Waals surface area contributed by atoms with Crippen LogP contribution in [0.4, 0.5) is 10.3 Å². The van der Waals surface area contributed by atoms with E-state index in [1.54, 1.807) is 25.4 Å². The van der Waals surface area contributed by atoms with Gasteiger partial charge in [-0.05, 0) is 18.2 Å². The predicted molar refractivity (Wildman–Crippen MR) is 57.0 cm³/mol. The van der Waals surface area contributed by atoms with Gasteiger partial charge in [-0.1, -0.05) is 12.1 Å². The van der Waals surface area contributed by atoms with Crippen molar-refractivity contribution in [2.24, 2.45) is 0 Å². The first-order chi connectivity index (χ1) is 7.29. The Labute approximate surface area is 87.0 Å². The summed E-state index contributed by atoms with van der Waals surface area (Å²) in [4.78, 5) is 8.20. The van der Waals surface area contributed by atoms with Gasteiger partial charge in [-0.15, -0.1) is 0 Å². The fourth-order valence-electron chi connectivity index (χ4n) is 1.29. The summed E-state index contributed by atoms with van der Waals surface area (Å²) in [6, 6.07) is 8.07. The number of halogens is 1. The molecule has 0 aliphatic rings. The van der Waals surface area contributed by atoms with E-state index in [9.17, 15) is 4.39 Å². The molecule has 76 valence electrons. The third-order valence-electron chi connectivity index (χ3n) is 2.00. The Bertz CT molecular complexity index is 471. The van der Waals surface area contributed by atoms with Gasteiger partial charge in [0.15, 0.2) is 0 Å². The van der Waals surface area contributed by atoms with E-state index in [0.29, 0.717) is 11.6 Å². The van der Waals surface area contributed by atoms with Gasteiger partial charge in [0.25, 0.3) is 0 Å². The topological polar surface area (TPSA) is 37.8 Å².